The third-order valence-corrected chi connectivity index (χ3v) is 1.57. The Morgan fingerprint density at radius 3 is 2.25 bits per heavy atom. The fourth-order valence-electron chi connectivity index (χ4n) is 1.00. The maximum absolute atomic E-state index is 10.5. The maximum Gasteiger partial charge on any atom is 0.231 e. The topological polar surface area (TPSA) is 49.6 Å². The van der Waals surface area contributed by atoms with Crippen LogP contribution in [-0.4, -0.2) is 56.5 Å². The molecule has 0 unspecified atom stereocenters. The van der Waals surface area contributed by atoms with Gasteiger partial charge in [-0.05, 0) is 40.7 Å². The Bertz CT molecular complexity index is 136. The Morgan fingerprint density at radius 1 is 1.25 bits per heavy atom. The van der Waals surface area contributed by atoms with Crippen LogP contribution in [0, 0.1) is 0 Å². The number of hydrogen-bond acceptors (Lipinski definition) is 3. The van der Waals surface area contributed by atoms with Crippen LogP contribution in [0.5, 0.6) is 0 Å². The molecule has 2 N–H and O–H groups in total. The van der Waals surface area contributed by atoms with E-state index in [2.05, 4.69) is 4.90 Å². The molecule has 4 heteroatoms. The second-order valence-corrected chi connectivity index (χ2v) is 3.36. The van der Waals surface area contributed by atoms with Crippen LogP contribution in [0.25, 0.3) is 0 Å². The van der Waals surface area contributed by atoms with Crippen LogP contribution < -0.4 is 5.73 Å². The van der Waals surface area contributed by atoms with E-state index >= 15 is 0 Å². The van der Waals surface area contributed by atoms with Crippen molar-refractivity contribution in [2.24, 2.45) is 5.73 Å². The van der Waals surface area contributed by atoms with Crippen LogP contribution in [0.15, 0.2) is 0 Å². The molecule has 72 valence electrons. The molecule has 0 aliphatic carbocycles. The summed E-state index contributed by atoms with van der Waals surface area (Å²) in [6.45, 7) is 2.32. The van der Waals surface area contributed by atoms with Gasteiger partial charge >= 0.3 is 0 Å². The molecule has 0 aromatic rings. The van der Waals surface area contributed by atoms with Crippen molar-refractivity contribution in [3.8, 4) is 0 Å². The molecule has 0 rings (SSSR count). The largest absolute Gasteiger partial charge is 0.369 e. The molecule has 1 amide bonds. The highest BCUT2D eigenvalue weighted by Gasteiger charge is 2.01. The molecule has 4 nitrogen and oxygen atoms in total. The molecule has 0 aliphatic heterocycles. The fourth-order valence-corrected chi connectivity index (χ4v) is 1.00. The highest BCUT2D eigenvalue weighted by atomic mass is 16.1. The minimum atomic E-state index is -0.262. The summed E-state index contributed by atoms with van der Waals surface area (Å²) in [5, 5.41) is 0. The van der Waals surface area contributed by atoms with Gasteiger partial charge in [-0.15, -0.1) is 0 Å². The van der Waals surface area contributed by atoms with Gasteiger partial charge in [0.15, 0.2) is 0 Å². The van der Waals surface area contributed by atoms with Gasteiger partial charge in [0, 0.05) is 0 Å². The van der Waals surface area contributed by atoms with Gasteiger partial charge in [0.05, 0.1) is 6.54 Å². The van der Waals surface area contributed by atoms with Crippen molar-refractivity contribution in [3.63, 3.8) is 0 Å². The van der Waals surface area contributed by atoms with Crippen LogP contribution in [0.4, 0.5) is 0 Å². The summed E-state index contributed by atoms with van der Waals surface area (Å²) < 4.78 is 0. The number of likely N-dealkylation sites (N-methyl/N-ethyl adjacent to an activating group) is 1. The molecular weight excluding hydrogens is 154 g/mol. The maximum atomic E-state index is 10.5. The van der Waals surface area contributed by atoms with Gasteiger partial charge in [-0.2, -0.15) is 0 Å². The van der Waals surface area contributed by atoms with Crippen molar-refractivity contribution in [3.05, 3.63) is 0 Å². The van der Waals surface area contributed by atoms with Crippen molar-refractivity contribution >= 4 is 5.91 Å². The minimum absolute atomic E-state index is 0.262. The number of carbonyl (C=O) groups excluding carboxylic acids is 1. The van der Waals surface area contributed by atoms with Gasteiger partial charge in [-0.1, -0.05) is 0 Å². The predicted octanol–water partition coefficient (Wildman–Crippen LogP) is -0.645. The Labute approximate surface area is 74.3 Å². The summed E-state index contributed by atoms with van der Waals surface area (Å²) in [5.74, 6) is -0.262. The number of amides is 1. The second kappa shape index (κ2) is 5.97. The zero-order valence-corrected chi connectivity index (χ0v) is 8.21. The molecule has 12 heavy (non-hydrogen) atoms. The van der Waals surface area contributed by atoms with Crippen molar-refractivity contribution in [2.45, 2.75) is 6.42 Å². The van der Waals surface area contributed by atoms with E-state index in [1.807, 2.05) is 26.0 Å². The van der Waals surface area contributed by atoms with E-state index in [0.717, 1.165) is 19.5 Å². The minimum Gasteiger partial charge on any atom is -0.369 e. The summed E-state index contributed by atoms with van der Waals surface area (Å²) in [6.07, 6.45) is 1.07. The fraction of sp³-hybridized carbons (Fsp3) is 0.875. The molecule has 0 aromatic carbocycles. The lowest BCUT2D eigenvalue weighted by Crippen LogP contribution is -2.32. The second-order valence-electron chi connectivity index (χ2n) is 3.36. The Balaban J connectivity index is 3.31. The van der Waals surface area contributed by atoms with Crippen molar-refractivity contribution in [2.75, 3.05) is 40.8 Å². The third-order valence-electron chi connectivity index (χ3n) is 1.57. The molecule has 0 radical (unpaired) electrons. The van der Waals surface area contributed by atoms with E-state index in [-0.39, 0.29) is 5.91 Å². The number of rotatable bonds is 6. The van der Waals surface area contributed by atoms with Gasteiger partial charge in [0.25, 0.3) is 0 Å². The number of primary amides is 1. The summed E-state index contributed by atoms with van der Waals surface area (Å²) in [4.78, 5) is 14.5. The Hall–Kier alpha value is -0.610. The molecule has 0 spiro atoms. The number of hydrogen-bond donors (Lipinski definition) is 1. The Morgan fingerprint density at radius 2 is 1.83 bits per heavy atom. The first-order valence-electron chi connectivity index (χ1n) is 4.14. The first-order valence-corrected chi connectivity index (χ1v) is 4.14. The lowest BCUT2D eigenvalue weighted by atomic mass is 10.3. The normalized spacial score (nSPS) is 11.1. The van der Waals surface area contributed by atoms with Crippen molar-refractivity contribution in [1.29, 1.82) is 0 Å². The highest BCUT2D eigenvalue weighted by molar-refractivity contribution is 5.75. The molecule has 0 aromatic heterocycles. The summed E-state index contributed by atoms with van der Waals surface area (Å²) >= 11 is 0. The van der Waals surface area contributed by atoms with Gasteiger partial charge in [-0.25, -0.2) is 0 Å². The molecule has 0 fully saturated rings. The third kappa shape index (κ3) is 7.50. The van der Waals surface area contributed by atoms with Crippen LogP contribution in [0.1, 0.15) is 6.42 Å². The average molecular weight is 173 g/mol. The number of carbonyl (C=O) groups is 1. The SMILES string of the molecule is CN(C)CCCN(C)CC(N)=O. The molecule has 0 saturated carbocycles. The Kier molecular flexibility index (Phi) is 5.66. The molecule has 0 atom stereocenters. The smallest absolute Gasteiger partial charge is 0.231 e. The average Bonchev–Trinajstić information content (AvgIpc) is 1.84. The number of nitrogens with zero attached hydrogens (tertiary/aromatic N) is 2. The number of nitrogens with two attached hydrogens (primary N) is 1. The summed E-state index contributed by atoms with van der Waals surface area (Å²) in [6, 6.07) is 0. The molecule has 0 aliphatic rings. The molecule has 0 heterocycles. The quantitative estimate of drug-likeness (QED) is 0.581. The van der Waals surface area contributed by atoms with Crippen molar-refractivity contribution < 1.29 is 4.79 Å². The van der Waals surface area contributed by atoms with E-state index in [9.17, 15) is 4.79 Å². The summed E-state index contributed by atoms with van der Waals surface area (Å²) in [5.41, 5.74) is 5.03. The zero-order chi connectivity index (χ0) is 9.56. The van der Waals surface area contributed by atoms with E-state index in [4.69, 9.17) is 5.73 Å². The summed E-state index contributed by atoms with van der Waals surface area (Å²) in [7, 11) is 5.97. The molecular formula is C8H19N3O. The van der Waals surface area contributed by atoms with E-state index in [1.54, 1.807) is 0 Å². The first kappa shape index (κ1) is 11.4. The van der Waals surface area contributed by atoms with Gasteiger partial charge in [-0.3, -0.25) is 9.69 Å². The van der Waals surface area contributed by atoms with E-state index < -0.39 is 0 Å². The van der Waals surface area contributed by atoms with Crippen LogP contribution >= 0.6 is 0 Å². The molecule has 0 bridgehead atoms. The first-order chi connectivity index (χ1) is 5.52. The predicted molar refractivity (Wildman–Crippen MR) is 49.9 cm³/mol. The van der Waals surface area contributed by atoms with Gasteiger partial charge < -0.3 is 10.6 Å². The monoisotopic (exact) mass is 173 g/mol. The standard InChI is InChI=1S/C8H19N3O/c1-10(2)5-4-6-11(3)7-8(9)12/h4-7H2,1-3H3,(H2,9,12). The molecule has 0 saturated heterocycles. The van der Waals surface area contributed by atoms with Crippen LogP contribution in [0.2, 0.25) is 0 Å². The highest BCUT2D eigenvalue weighted by Crippen LogP contribution is 1.88. The van der Waals surface area contributed by atoms with Crippen LogP contribution in [-0.2, 0) is 4.79 Å². The van der Waals surface area contributed by atoms with Gasteiger partial charge in [0.2, 0.25) is 5.91 Å². The lowest BCUT2D eigenvalue weighted by molar-refractivity contribution is -0.118. The van der Waals surface area contributed by atoms with E-state index in [0.29, 0.717) is 6.54 Å². The van der Waals surface area contributed by atoms with Crippen molar-refractivity contribution in [1.82, 2.24) is 9.80 Å². The lowest BCUT2D eigenvalue weighted by Gasteiger charge is -2.15. The zero-order valence-electron chi connectivity index (χ0n) is 8.21. The van der Waals surface area contributed by atoms with Gasteiger partial charge in [0.1, 0.15) is 0 Å². The van der Waals surface area contributed by atoms with E-state index in [1.165, 1.54) is 0 Å². The van der Waals surface area contributed by atoms with Crippen LogP contribution in [0.3, 0.4) is 0 Å².